The molecule has 1 aliphatic rings. The molecule has 0 fully saturated rings. The summed E-state index contributed by atoms with van der Waals surface area (Å²) in [6, 6.07) is 9.26. The second kappa shape index (κ2) is 4.93. The maximum atomic E-state index is 13.3. The number of benzene rings is 2. The lowest BCUT2D eigenvalue weighted by Gasteiger charge is -2.00. The maximum Gasteiger partial charge on any atom is 0.256 e. The van der Waals surface area contributed by atoms with E-state index >= 15 is 0 Å². The van der Waals surface area contributed by atoms with Crippen LogP contribution in [0.3, 0.4) is 0 Å². The van der Waals surface area contributed by atoms with E-state index in [-0.39, 0.29) is 10.9 Å². The Morgan fingerprint density at radius 1 is 1.05 bits per heavy atom. The summed E-state index contributed by atoms with van der Waals surface area (Å²) in [6.07, 6.45) is 1.60. The average Bonchev–Trinajstić information content (AvgIpc) is 2.64. The fourth-order valence-corrected chi connectivity index (χ4v) is 2.54. The Bertz CT molecular complexity index is 735. The second-order valence-electron chi connectivity index (χ2n) is 4.40. The van der Waals surface area contributed by atoms with Crippen molar-refractivity contribution in [3.8, 4) is 0 Å². The smallest absolute Gasteiger partial charge is 0.256 e. The van der Waals surface area contributed by atoms with Gasteiger partial charge in [-0.2, -0.15) is 0 Å². The van der Waals surface area contributed by atoms with E-state index in [1.54, 1.807) is 30.3 Å². The molecule has 1 heterocycles. The van der Waals surface area contributed by atoms with Gasteiger partial charge in [0.1, 0.15) is 5.82 Å². The molecule has 0 aliphatic carbocycles. The van der Waals surface area contributed by atoms with E-state index in [1.165, 1.54) is 12.1 Å². The molecule has 1 aliphatic heterocycles. The summed E-state index contributed by atoms with van der Waals surface area (Å²) in [5.74, 6) is -0.693. The molecule has 100 valence electrons. The van der Waals surface area contributed by atoms with Crippen LogP contribution >= 0.6 is 23.2 Å². The molecule has 3 rings (SSSR count). The van der Waals surface area contributed by atoms with Crippen LogP contribution in [0.4, 0.5) is 10.1 Å². The van der Waals surface area contributed by atoms with Gasteiger partial charge in [-0.3, -0.25) is 4.79 Å². The molecular weight excluding hydrogens is 300 g/mol. The fourth-order valence-electron chi connectivity index (χ4n) is 2.14. The molecule has 1 amide bonds. The first-order valence-electron chi connectivity index (χ1n) is 5.82. The first-order chi connectivity index (χ1) is 9.52. The largest absolute Gasteiger partial charge is 0.321 e. The van der Waals surface area contributed by atoms with Gasteiger partial charge in [-0.05, 0) is 42.0 Å². The molecule has 0 atom stereocenters. The number of fused-ring (bicyclic) bond motifs is 1. The highest BCUT2D eigenvalue weighted by molar-refractivity contribution is 6.36. The van der Waals surface area contributed by atoms with Crippen LogP contribution in [0.1, 0.15) is 11.1 Å². The minimum atomic E-state index is -0.445. The minimum absolute atomic E-state index is 0.248. The van der Waals surface area contributed by atoms with Crippen molar-refractivity contribution in [2.75, 3.05) is 5.32 Å². The molecule has 2 aromatic rings. The van der Waals surface area contributed by atoms with Gasteiger partial charge in [-0.1, -0.05) is 29.3 Å². The first kappa shape index (κ1) is 13.2. The SMILES string of the molecule is O=C1Nc2cc(Cl)ccc2/C1=C\c1cc(F)cc(Cl)c1. The number of amides is 1. The standard InChI is InChI=1S/C15H8Cl2FNO/c16-9-1-2-12-13(15(20)19-14(12)7-9)5-8-3-10(17)6-11(18)4-8/h1-7H,(H,19,20)/b13-5+. The summed E-state index contributed by atoms with van der Waals surface area (Å²) < 4.78 is 13.3. The third-order valence-electron chi connectivity index (χ3n) is 2.96. The van der Waals surface area contributed by atoms with Crippen molar-refractivity contribution in [3.63, 3.8) is 0 Å². The summed E-state index contributed by atoms with van der Waals surface area (Å²) in [7, 11) is 0. The molecule has 2 aromatic carbocycles. The summed E-state index contributed by atoms with van der Waals surface area (Å²) in [5, 5.41) is 3.54. The van der Waals surface area contributed by atoms with Crippen LogP contribution in [0.15, 0.2) is 36.4 Å². The Labute approximate surface area is 124 Å². The number of carbonyl (C=O) groups excluding carboxylic acids is 1. The quantitative estimate of drug-likeness (QED) is 0.765. The monoisotopic (exact) mass is 307 g/mol. The van der Waals surface area contributed by atoms with Crippen molar-refractivity contribution in [2.24, 2.45) is 0 Å². The van der Waals surface area contributed by atoms with Crippen LogP contribution in [-0.4, -0.2) is 5.91 Å². The molecule has 2 nitrogen and oxygen atoms in total. The van der Waals surface area contributed by atoms with Gasteiger partial charge in [0.15, 0.2) is 0 Å². The molecule has 0 radical (unpaired) electrons. The van der Waals surface area contributed by atoms with Crippen molar-refractivity contribution in [2.45, 2.75) is 0 Å². The van der Waals surface area contributed by atoms with Gasteiger partial charge >= 0.3 is 0 Å². The highest BCUT2D eigenvalue weighted by Crippen LogP contribution is 2.35. The Hall–Kier alpha value is -1.84. The molecule has 0 saturated carbocycles. The number of nitrogens with one attached hydrogen (secondary N) is 1. The molecule has 0 bridgehead atoms. The molecule has 5 heteroatoms. The normalized spacial score (nSPS) is 15.3. The third-order valence-corrected chi connectivity index (χ3v) is 3.41. The van der Waals surface area contributed by atoms with Crippen molar-refractivity contribution in [1.82, 2.24) is 0 Å². The Morgan fingerprint density at radius 2 is 1.85 bits per heavy atom. The third kappa shape index (κ3) is 2.42. The first-order valence-corrected chi connectivity index (χ1v) is 6.57. The van der Waals surface area contributed by atoms with Crippen LogP contribution in [0.2, 0.25) is 10.0 Å². The van der Waals surface area contributed by atoms with Crippen molar-refractivity contribution >= 4 is 46.4 Å². The maximum absolute atomic E-state index is 13.3. The lowest BCUT2D eigenvalue weighted by atomic mass is 10.0. The number of rotatable bonds is 1. The van der Waals surface area contributed by atoms with E-state index in [0.717, 1.165) is 5.56 Å². The van der Waals surface area contributed by atoms with Gasteiger partial charge in [0.25, 0.3) is 5.91 Å². The lowest BCUT2D eigenvalue weighted by Crippen LogP contribution is -2.03. The van der Waals surface area contributed by atoms with E-state index in [4.69, 9.17) is 23.2 Å². The van der Waals surface area contributed by atoms with Crippen molar-refractivity contribution in [1.29, 1.82) is 0 Å². The molecule has 0 spiro atoms. The van der Waals surface area contributed by atoms with Gasteiger partial charge in [0, 0.05) is 21.2 Å². The summed E-state index contributed by atoms with van der Waals surface area (Å²) in [6.45, 7) is 0. The van der Waals surface area contributed by atoms with Crippen molar-refractivity contribution < 1.29 is 9.18 Å². The lowest BCUT2D eigenvalue weighted by molar-refractivity contribution is -0.110. The highest BCUT2D eigenvalue weighted by atomic mass is 35.5. The number of carbonyl (C=O) groups is 1. The zero-order valence-corrected chi connectivity index (χ0v) is 11.6. The van der Waals surface area contributed by atoms with Gasteiger partial charge < -0.3 is 5.32 Å². The minimum Gasteiger partial charge on any atom is -0.321 e. The summed E-state index contributed by atoms with van der Waals surface area (Å²) in [4.78, 5) is 12.0. The van der Waals surface area contributed by atoms with E-state index in [9.17, 15) is 9.18 Å². The van der Waals surface area contributed by atoms with Crippen molar-refractivity contribution in [3.05, 3.63) is 63.4 Å². The second-order valence-corrected chi connectivity index (χ2v) is 5.28. The topological polar surface area (TPSA) is 29.1 Å². The average molecular weight is 308 g/mol. The Kier molecular flexibility index (Phi) is 3.24. The number of hydrogen-bond acceptors (Lipinski definition) is 1. The number of hydrogen-bond donors (Lipinski definition) is 1. The van der Waals surface area contributed by atoms with Gasteiger partial charge in [0.2, 0.25) is 0 Å². The van der Waals surface area contributed by atoms with Gasteiger partial charge in [0.05, 0.1) is 5.69 Å². The summed E-state index contributed by atoms with van der Waals surface area (Å²) in [5.41, 5.74) is 2.37. The fraction of sp³-hybridized carbons (Fsp3) is 0. The van der Waals surface area contributed by atoms with Gasteiger partial charge in [-0.25, -0.2) is 4.39 Å². The molecule has 20 heavy (non-hydrogen) atoms. The van der Waals surface area contributed by atoms with Crippen LogP contribution in [0, 0.1) is 5.82 Å². The van der Waals surface area contributed by atoms with E-state index < -0.39 is 5.82 Å². The molecular formula is C15H8Cl2FNO. The van der Waals surface area contributed by atoms with Crippen LogP contribution in [-0.2, 0) is 4.79 Å². The summed E-state index contributed by atoms with van der Waals surface area (Å²) >= 11 is 11.7. The molecule has 1 N–H and O–H groups in total. The van der Waals surface area contributed by atoms with Gasteiger partial charge in [-0.15, -0.1) is 0 Å². The molecule has 0 saturated heterocycles. The Balaban J connectivity index is 2.11. The highest BCUT2D eigenvalue weighted by Gasteiger charge is 2.24. The van der Waals surface area contributed by atoms with Crippen LogP contribution in [0.25, 0.3) is 11.6 Å². The molecule has 0 aromatic heterocycles. The Morgan fingerprint density at radius 3 is 2.60 bits per heavy atom. The number of anilines is 1. The molecule has 0 unspecified atom stereocenters. The van der Waals surface area contributed by atoms with E-state index in [0.29, 0.717) is 21.8 Å². The van der Waals surface area contributed by atoms with E-state index in [2.05, 4.69) is 5.32 Å². The predicted octanol–water partition coefficient (Wildman–Crippen LogP) is 4.63. The number of halogens is 3. The van der Waals surface area contributed by atoms with Crippen LogP contribution < -0.4 is 5.32 Å². The van der Waals surface area contributed by atoms with E-state index in [1.807, 2.05) is 0 Å². The van der Waals surface area contributed by atoms with Crippen LogP contribution in [0.5, 0.6) is 0 Å². The predicted molar refractivity (Wildman–Crippen MR) is 79.4 cm³/mol. The zero-order valence-electron chi connectivity index (χ0n) is 10.1. The zero-order chi connectivity index (χ0) is 14.3.